The van der Waals surface area contributed by atoms with Gasteiger partial charge in [-0.2, -0.15) is 13.2 Å². The molecule has 3 heteroatoms. The van der Waals surface area contributed by atoms with Gasteiger partial charge in [0.15, 0.2) is 0 Å². The van der Waals surface area contributed by atoms with Crippen LogP contribution in [0.1, 0.15) is 5.56 Å². The van der Waals surface area contributed by atoms with Crippen molar-refractivity contribution in [1.29, 1.82) is 0 Å². The molecule has 0 bridgehead atoms. The summed E-state index contributed by atoms with van der Waals surface area (Å²) in [7, 11) is 0. The highest BCUT2D eigenvalue weighted by atomic mass is 19.4. The Morgan fingerprint density at radius 3 is 1.59 bits per heavy atom. The summed E-state index contributed by atoms with van der Waals surface area (Å²) in [4.78, 5) is 0. The molecular formula is C19H13F3. The van der Waals surface area contributed by atoms with Crippen molar-refractivity contribution >= 4 is 0 Å². The molecular weight excluding hydrogens is 285 g/mol. The average Bonchev–Trinajstić information content (AvgIpc) is 2.55. The van der Waals surface area contributed by atoms with Gasteiger partial charge in [-0.25, -0.2) is 0 Å². The predicted molar refractivity (Wildman–Crippen MR) is 82.3 cm³/mol. The quantitative estimate of drug-likeness (QED) is 0.541. The van der Waals surface area contributed by atoms with E-state index in [0.29, 0.717) is 5.56 Å². The van der Waals surface area contributed by atoms with Crippen molar-refractivity contribution in [3.63, 3.8) is 0 Å². The van der Waals surface area contributed by atoms with E-state index in [4.69, 9.17) is 0 Å². The third-order valence-electron chi connectivity index (χ3n) is 3.52. The van der Waals surface area contributed by atoms with E-state index in [1.165, 1.54) is 12.1 Å². The van der Waals surface area contributed by atoms with Crippen molar-refractivity contribution in [1.82, 2.24) is 0 Å². The van der Waals surface area contributed by atoms with Gasteiger partial charge in [-0.1, -0.05) is 66.7 Å². The van der Waals surface area contributed by atoms with Gasteiger partial charge < -0.3 is 0 Å². The molecule has 0 amide bonds. The van der Waals surface area contributed by atoms with Gasteiger partial charge in [0.2, 0.25) is 0 Å². The zero-order valence-corrected chi connectivity index (χ0v) is 11.6. The van der Waals surface area contributed by atoms with Crippen molar-refractivity contribution in [3.8, 4) is 22.3 Å². The fraction of sp³-hybridized carbons (Fsp3) is 0.0526. The molecule has 0 saturated carbocycles. The molecule has 0 aliphatic carbocycles. The summed E-state index contributed by atoms with van der Waals surface area (Å²) >= 11 is 0. The average molecular weight is 298 g/mol. The number of halogens is 3. The maximum absolute atomic E-state index is 12.8. The molecule has 0 saturated heterocycles. The van der Waals surface area contributed by atoms with Crippen LogP contribution in [0.4, 0.5) is 13.2 Å². The Morgan fingerprint density at radius 2 is 1.00 bits per heavy atom. The smallest absolute Gasteiger partial charge is 0.166 e. The van der Waals surface area contributed by atoms with E-state index in [0.717, 1.165) is 22.8 Å². The highest BCUT2D eigenvalue weighted by Gasteiger charge is 2.30. The number of hydrogen-bond acceptors (Lipinski definition) is 0. The minimum atomic E-state index is -4.32. The zero-order valence-electron chi connectivity index (χ0n) is 11.6. The molecule has 0 aliphatic rings. The number of benzene rings is 3. The first kappa shape index (κ1) is 14.4. The fourth-order valence-corrected chi connectivity index (χ4v) is 2.36. The second-order valence-electron chi connectivity index (χ2n) is 5.02. The second-order valence-corrected chi connectivity index (χ2v) is 5.02. The van der Waals surface area contributed by atoms with Gasteiger partial charge in [0.05, 0.1) is 5.56 Å². The molecule has 0 atom stereocenters. The molecule has 0 N–H and O–H groups in total. The summed E-state index contributed by atoms with van der Waals surface area (Å²) in [6.07, 6.45) is -4.32. The van der Waals surface area contributed by atoms with Crippen molar-refractivity contribution in [2.24, 2.45) is 0 Å². The maximum atomic E-state index is 12.8. The minimum absolute atomic E-state index is 0.564. The Labute approximate surface area is 126 Å². The monoisotopic (exact) mass is 298 g/mol. The lowest BCUT2D eigenvalue weighted by Crippen LogP contribution is -2.04. The first-order valence-electron chi connectivity index (χ1n) is 6.87. The van der Waals surface area contributed by atoms with E-state index in [1.54, 1.807) is 6.07 Å². The van der Waals surface area contributed by atoms with E-state index in [1.807, 2.05) is 54.6 Å². The van der Waals surface area contributed by atoms with Crippen LogP contribution in [-0.4, -0.2) is 0 Å². The van der Waals surface area contributed by atoms with Crippen LogP contribution in [0.25, 0.3) is 22.3 Å². The van der Waals surface area contributed by atoms with Crippen molar-refractivity contribution < 1.29 is 13.2 Å². The molecule has 3 aromatic carbocycles. The third-order valence-corrected chi connectivity index (χ3v) is 3.52. The summed E-state index contributed by atoms with van der Waals surface area (Å²) in [5.74, 6) is 0. The summed E-state index contributed by atoms with van der Waals surface area (Å²) in [6, 6.07) is 22.8. The largest absolute Gasteiger partial charge is 0.416 e. The van der Waals surface area contributed by atoms with Crippen LogP contribution in [0.2, 0.25) is 0 Å². The molecule has 0 fully saturated rings. The lowest BCUT2D eigenvalue weighted by Gasteiger charge is -2.09. The van der Waals surface area contributed by atoms with Gasteiger partial charge in [0.25, 0.3) is 0 Å². The molecule has 0 radical (unpaired) electrons. The third kappa shape index (κ3) is 3.03. The molecule has 0 unspecified atom stereocenters. The van der Waals surface area contributed by atoms with E-state index < -0.39 is 11.7 Å². The van der Waals surface area contributed by atoms with E-state index in [2.05, 4.69) is 0 Å². The number of rotatable bonds is 2. The summed E-state index contributed by atoms with van der Waals surface area (Å²) in [5.41, 5.74) is 2.83. The molecule has 3 aromatic rings. The summed E-state index contributed by atoms with van der Waals surface area (Å²) in [5, 5.41) is 0. The highest BCUT2D eigenvalue weighted by molar-refractivity contribution is 5.70. The Hall–Kier alpha value is -2.55. The van der Waals surface area contributed by atoms with Gasteiger partial charge in [0.1, 0.15) is 0 Å². The maximum Gasteiger partial charge on any atom is 0.416 e. The first-order valence-corrected chi connectivity index (χ1v) is 6.87. The molecule has 0 nitrogen and oxygen atoms in total. The normalized spacial score (nSPS) is 11.4. The highest BCUT2D eigenvalue weighted by Crippen LogP contribution is 2.32. The first-order chi connectivity index (χ1) is 10.5. The Morgan fingerprint density at radius 1 is 0.500 bits per heavy atom. The van der Waals surface area contributed by atoms with Crippen LogP contribution in [0.5, 0.6) is 0 Å². The minimum Gasteiger partial charge on any atom is -0.166 e. The van der Waals surface area contributed by atoms with Gasteiger partial charge in [-0.15, -0.1) is 0 Å². The molecule has 0 aliphatic heterocycles. The SMILES string of the molecule is FC(F)(F)c1cccc(-c2ccc(-c3ccccc3)cc2)c1. The van der Waals surface area contributed by atoms with E-state index in [-0.39, 0.29) is 0 Å². The van der Waals surface area contributed by atoms with Gasteiger partial charge in [-0.3, -0.25) is 0 Å². The van der Waals surface area contributed by atoms with Crippen molar-refractivity contribution in [2.45, 2.75) is 6.18 Å². The standard InChI is InChI=1S/C19H13F3/c20-19(21,22)18-8-4-7-17(13-18)16-11-9-15(10-12-16)14-5-2-1-3-6-14/h1-13H. The van der Waals surface area contributed by atoms with E-state index in [9.17, 15) is 13.2 Å². The van der Waals surface area contributed by atoms with Crippen LogP contribution in [0.3, 0.4) is 0 Å². The van der Waals surface area contributed by atoms with Gasteiger partial charge >= 0.3 is 6.18 Å². The summed E-state index contributed by atoms with van der Waals surface area (Å²) in [6.45, 7) is 0. The van der Waals surface area contributed by atoms with Gasteiger partial charge in [0, 0.05) is 0 Å². The van der Waals surface area contributed by atoms with Crippen LogP contribution in [0, 0.1) is 0 Å². The van der Waals surface area contributed by atoms with E-state index >= 15 is 0 Å². The van der Waals surface area contributed by atoms with Crippen LogP contribution >= 0.6 is 0 Å². The van der Waals surface area contributed by atoms with Crippen LogP contribution in [0.15, 0.2) is 78.9 Å². The topological polar surface area (TPSA) is 0 Å². The molecule has 0 spiro atoms. The lowest BCUT2D eigenvalue weighted by molar-refractivity contribution is -0.137. The van der Waals surface area contributed by atoms with Crippen molar-refractivity contribution in [3.05, 3.63) is 84.4 Å². The Bertz CT molecular complexity index is 757. The molecule has 110 valence electrons. The molecule has 0 heterocycles. The molecule has 0 aromatic heterocycles. The number of alkyl halides is 3. The fourth-order valence-electron chi connectivity index (χ4n) is 2.36. The number of hydrogen-bond donors (Lipinski definition) is 0. The summed E-state index contributed by atoms with van der Waals surface area (Å²) < 4.78 is 38.3. The Kier molecular flexibility index (Phi) is 3.72. The zero-order chi connectivity index (χ0) is 15.6. The van der Waals surface area contributed by atoms with Crippen molar-refractivity contribution in [2.75, 3.05) is 0 Å². The Balaban J connectivity index is 1.94. The molecule has 22 heavy (non-hydrogen) atoms. The van der Waals surface area contributed by atoms with Crippen LogP contribution < -0.4 is 0 Å². The molecule has 3 rings (SSSR count). The van der Waals surface area contributed by atoms with Crippen LogP contribution in [-0.2, 0) is 6.18 Å². The van der Waals surface area contributed by atoms with Gasteiger partial charge in [-0.05, 0) is 34.4 Å². The lowest BCUT2D eigenvalue weighted by atomic mass is 9.99. The second kappa shape index (κ2) is 5.68. The predicted octanol–water partition coefficient (Wildman–Crippen LogP) is 6.04.